The Morgan fingerprint density at radius 2 is 2.00 bits per heavy atom. The van der Waals surface area contributed by atoms with Gasteiger partial charge in [0.05, 0.1) is 5.56 Å². The van der Waals surface area contributed by atoms with E-state index in [0.717, 1.165) is 18.9 Å². The van der Waals surface area contributed by atoms with Crippen molar-refractivity contribution in [2.24, 2.45) is 0 Å². The average Bonchev–Trinajstić information content (AvgIpc) is 3.11. The van der Waals surface area contributed by atoms with Gasteiger partial charge in [-0.05, 0) is 37.3 Å². The van der Waals surface area contributed by atoms with E-state index in [1.165, 1.54) is 12.4 Å². The van der Waals surface area contributed by atoms with Crippen LogP contribution in [0.3, 0.4) is 0 Å². The molecule has 18 heavy (non-hydrogen) atoms. The standard InChI is InChI=1S/C13H17F3N2/c1-8(9(2)18-10-3-4-10)11-7-17-6-5-12(11)13(14,15)16/h5-10,18H,3-4H2,1-2H3. The molecule has 0 amide bonds. The van der Waals surface area contributed by atoms with Crippen molar-refractivity contribution in [3.8, 4) is 0 Å². The normalized spacial score (nSPS) is 19.6. The van der Waals surface area contributed by atoms with Crippen LogP contribution in [0.2, 0.25) is 0 Å². The first kappa shape index (κ1) is 13.3. The van der Waals surface area contributed by atoms with Crippen LogP contribution in [0.4, 0.5) is 13.2 Å². The van der Waals surface area contributed by atoms with Gasteiger partial charge in [-0.3, -0.25) is 4.98 Å². The summed E-state index contributed by atoms with van der Waals surface area (Å²) in [5.74, 6) is -0.212. The lowest BCUT2D eigenvalue weighted by Gasteiger charge is -2.24. The fourth-order valence-electron chi connectivity index (χ4n) is 2.06. The zero-order valence-corrected chi connectivity index (χ0v) is 10.5. The van der Waals surface area contributed by atoms with Gasteiger partial charge in [-0.25, -0.2) is 0 Å². The van der Waals surface area contributed by atoms with Gasteiger partial charge in [0, 0.05) is 24.5 Å². The molecule has 2 unspecified atom stereocenters. The summed E-state index contributed by atoms with van der Waals surface area (Å²) in [7, 11) is 0. The summed E-state index contributed by atoms with van der Waals surface area (Å²) in [6.45, 7) is 3.74. The first-order chi connectivity index (χ1) is 8.39. The molecule has 2 rings (SSSR count). The Kier molecular flexibility index (Phi) is 3.61. The lowest BCUT2D eigenvalue weighted by atomic mass is 9.91. The number of halogens is 3. The smallest absolute Gasteiger partial charge is 0.311 e. The van der Waals surface area contributed by atoms with Crippen LogP contribution in [0.15, 0.2) is 18.5 Å². The van der Waals surface area contributed by atoms with Gasteiger partial charge < -0.3 is 5.32 Å². The van der Waals surface area contributed by atoms with Crippen LogP contribution in [-0.4, -0.2) is 17.1 Å². The Hall–Kier alpha value is -1.10. The second-order valence-electron chi connectivity index (χ2n) is 4.98. The van der Waals surface area contributed by atoms with Gasteiger partial charge in [0.1, 0.15) is 0 Å². The van der Waals surface area contributed by atoms with Crippen LogP contribution in [0.1, 0.15) is 43.7 Å². The molecule has 1 aromatic heterocycles. The van der Waals surface area contributed by atoms with E-state index < -0.39 is 11.7 Å². The van der Waals surface area contributed by atoms with E-state index in [0.29, 0.717) is 6.04 Å². The van der Waals surface area contributed by atoms with Crippen molar-refractivity contribution in [1.29, 1.82) is 0 Å². The third-order valence-electron chi connectivity index (χ3n) is 3.47. The minimum Gasteiger partial charge on any atom is -0.311 e. The topological polar surface area (TPSA) is 24.9 Å². The SMILES string of the molecule is CC(NC1CC1)C(C)c1cnccc1C(F)(F)F. The lowest BCUT2D eigenvalue weighted by Crippen LogP contribution is -2.33. The lowest BCUT2D eigenvalue weighted by molar-refractivity contribution is -0.138. The van der Waals surface area contributed by atoms with Crippen molar-refractivity contribution in [3.05, 3.63) is 29.6 Å². The molecule has 1 heterocycles. The quantitative estimate of drug-likeness (QED) is 0.896. The number of rotatable bonds is 4. The number of nitrogens with one attached hydrogen (secondary N) is 1. The predicted octanol–water partition coefficient (Wildman–Crippen LogP) is 3.34. The maximum Gasteiger partial charge on any atom is 0.416 e. The summed E-state index contributed by atoms with van der Waals surface area (Å²) >= 11 is 0. The molecule has 0 aromatic carbocycles. The molecule has 1 aromatic rings. The highest BCUT2D eigenvalue weighted by Crippen LogP contribution is 2.36. The van der Waals surface area contributed by atoms with E-state index in [2.05, 4.69) is 10.3 Å². The van der Waals surface area contributed by atoms with E-state index in [1.54, 1.807) is 0 Å². The molecule has 0 bridgehead atoms. The van der Waals surface area contributed by atoms with Crippen LogP contribution >= 0.6 is 0 Å². The van der Waals surface area contributed by atoms with Crippen LogP contribution in [0.25, 0.3) is 0 Å². The fraction of sp³-hybridized carbons (Fsp3) is 0.615. The van der Waals surface area contributed by atoms with E-state index >= 15 is 0 Å². The first-order valence-corrected chi connectivity index (χ1v) is 6.16. The number of aromatic nitrogens is 1. The Balaban J connectivity index is 2.20. The van der Waals surface area contributed by atoms with Gasteiger partial charge in [-0.2, -0.15) is 13.2 Å². The first-order valence-electron chi connectivity index (χ1n) is 6.16. The Bertz CT molecular complexity index is 413. The molecule has 5 heteroatoms. The molecule has 2 atom stereocenters. The maximum atomic E-state index is 12.9. The molecule has 1 fully saturated rings. The molecule has 0 aliphatic heterocycles. The zero-order valence-electron chi connectivity index (χ0n) is 10.5. The summed E-state index contributed by atoms with van der Waals surface area (Å²) in [5, 5.41) is 3.34. The number of pyridine rings is 1. The molecule has 100 valence electrons. The third-order valence-corrected chi connectivity index (χ3v) is 3.47. The van der Waals surface area contributed by atoms with Crippen molar-refractivity contribution >= 4 is 0 Å². The highest BCUT2D eigenvalue weighted by atomic mass is 19.4. The Morgan fingerprint density at radius 1 is 1.33 bits per heavy atom. The number of nitrogens with zero attached hydrogens (tertiary/aromatic N) is 1. The summed E-state index contributed by atoms with van der Waals surface area (Å²) in [6, 6.07) is 1.55. The van der Waals surface area contributed by atoms with Gasteiger partial charge >= 0.3 is 6.18 Å². The Labute approximate surface area is 105 Å². The van der Waals surface area contributed by atoms with Crippen LogP contribution in [0, 0.1) is 0 Å². The van der Waals surface area contributed by atoms with Gasteiger partial charge in [0.2, 0.25) is 0 Å². The number of hydrogen-bond acceptors (Lipinski definition) is 2. The van der Waals surface area contributed by atoms with E-state index in [1.807, 2.05) is 13.8 Å². The molecule has 0 radical (unpaired) electrons. The monoisotopic (exact) mass is 258 g/mol. The summed E-state index contributed by atoms with van der Waals surface area (Å²) in [6.07, 6.45) is 0.453. The number of alkyl halides is 3. The molecule has 0 spiro atoms. The van der Waals surface area contributed by atoms with Crippen LogP contribution < -0.4 is 5.32 Å². The van der Waals surface area contributed by atoms with Crippen molar-refractivity contribution in [1.82, 2.24) is 10.3 Å². The molecule has 1 saturated carbocycles. The van der Waals surface area contributed by atoms with E-state index in [4.69, 9.17) is 0 Å². The van der Waals surface area contributed by atoms with Crippen molar-refractivity contribution in [2.45, 2.75) is 50.9 Å². The Morgan fingerprint density at radius 3 is 2.56 bits per heavy atom. The van der Waals surface area contributed by atoms with Gasteiger partial charge in [-0.15, -0.1) is 0 Å². The van der Waals surface area contributed by atoms with Crippen molar-refractivity contribution in [3.63, 3.8) is 0 Å². The molecule has 0 saturated heterocycles. The second kappa shape index (κ2) is 4.88. The van der Waals surface area contributed by atoms with Gasteiger partial charge in [-0.1, -0.05) is 6.92 Å². The minimum absolute atomic E-state index is 0.0165. The summed E-state index contributed by atoms with van der Waals surface area (Å²) in [5.41, 5.74) is -0.305. The molecule has 1 aliphatic carbocycles. The largest absolute Gasteiger partial charge is 0.416 e. The summed E-state index contributed by atoms with van der Waals surface area (Å²) < 4.78 is 38.7. The van der Waals surface area contributed by atoms with E-state index in [9.17, 15) is 13.2 Å². The molecule has 2 nitrogen and oxygen atoms in total. The molecular formula is C13H17F3N2. The van der Waals surface area contributed by atoms with Crippen molar-refractivity contribution in [2.75, 3.05) is 0 Å². The molecule has 1 aliphatic rings. The molecule has 1 N–H and O–H groups in total. The van der Waals surface area contributed by atoms with Gasteiger partial charge in [0.25, 0.3) is 0 Å². The van der Waals surface area contributed by atoms with Crippen LogP contribution in [-0.2, 0) is 6.18 Å². The average molecular weight is 258 g/mol. The van der Waals surface area contributed by atoms with Crippen LogP contribution in [0.5, 0.6) is 0 Å². The second-order valence-corrected chi connectivity index (χ2v) is 4.98. The predicted molar refractivity (Wildman–Crippen MR) is 63.3 cm³/mol. The van der Waals surface area contributed by atoms with Crippen molar-refractivity contribution < 1.29 is 13.2 Å². The van der Waals surface area contributed by atoms with Gasteiger partial charge in [0.15, 0.2) is 0 Å². The minimum atomic E-state index is -4.31. The summed E-state index contributed by atoms with van der Waals surface area (Å²) in [4.78, 5) is 3.83. The van der Waals surface area contributed by atoms with E-state index in [-0.39, 0.29) is 17.5 Å². The highest BCUT2D eigenvalue weighted by Gasteiger charge is 2.36. The zero-order chi connectivity index (χ0) is 13.3. The highest BCUT2D eigenvalue weighted by molar-refractivity contribution is 5.30. The maximum absolute atomic E-state index is 12.9. The fourth-order valence-corrected chi connectivity index (χ4v) is 2.06. The third kappa shape index (κ3) is 3.02. The number of hydrogen-bond donors (Lipinski definition) is 1. The molecular weight excluding hydrogens is 241 g/mol.